The van der Waals surface area contributed by atoms with E-state index < -0.39 is 11.8 Å². The smallest absolute Gasteiger partial charge is 0.261 e. The summed E-state index contributed by atoms with van der Waals surface area (Å²) in [7, 11) is 0. The van der Waals surface area contributed by atoms with Crippen molar-refractivity contribution in [2.45, 2.75) is 38.1 Å². The number of nitrogens with zero attached hydrogens (tertiary/aromatic N) is 4. The monoisotopic (exact) mass is 616 g/mol. The number of carbonyl (C=O) groups excluding carboxylic acids is 3. The lowest BCUT2D eigenvalue weighted by Crippen LogP contribution is -2.30. The summed E-state index contributed by atoms with van der Waals surface area (Å²) in [4.78, 5) is 43.3. The Morgan fingerprint density at radius 2 is 1.56 bits per heavy atom. The molecule has 4 aromatic carbocycles. The first-order valence-corrected chi connectivity index (χ1v) is 16.0. The summed E-state index contributed by atoms with van der Waals surface area (Å²) in [6, 6.07) is 27.5. The average molecular weight is 617 g/mol. The second kappa shape index (κ2) is 12.5. The molecule has 0 unspecified atom stereocenters. The highest BCUT2D eigenvalue weighted by Gasteiger charge is 2.37. The molecule has 0 N–H and O–H groups in total. The van der Waals surface area contributed by atoms with Gasteiger partial charge >= 0.3 is 0 Å². The molecule has 9 heteroatoms. The summed E-state index contributed by atoms with van der Waals surface area (Å²) in [5, 5.41) is 9.06. The van der Waals surface area contributed by atoms with Crippen LogP contribution in [0.25, 0.3) is 17.1 Å². The topological polar surface area (TPSA) is 94.4 Å². The number of thioether (sulfide) groups is 1. The molecule has 1 aliphatic heterocycles. The van der Waals surface area contributed by atoms with Crippen LogP contribution in [0.2, 0.25) is 0 Å². The van der Waals surface area contributed by atoms with Crippen LogP contribution in [0.1, 0.15) is 74.7 Å². The molecule has 0 atom stereocenters. The SMILES string of the molecule is CCOc1cc(-n2c(CN3C(=O)c4ccccc4C3=O)nnc2-c2ccccc2)c(C(=O)c2cccc(SC)c2)cc1C(C)C. The Morgan fingerprint density at radius 3 is 2.20 bits per heavy atom. The Balaban J connectivity index is 1.59. The Kier molecular flexibility index (Phi) is 8.36. The third kappa shape index (κ3) is 5.55. The normalized spacial score (nSPS) is 12.6. The van der Waals surface area contributed by atoms with Crippen LogP contribution >= 0.6 is 11.8 Å². The van der Waals surface area contributed by atoms with Gasteiger partial charge < -0.3 is 4.74 Å². The van der Waals surface area contributed by atoms with Gasteiger partial charge in [0, 0.05) is 27.7 Å². The van der Waals surface area contributed by atoms with Crippen molar-refractivity contribution in [1.82, 2.24) is 19.7 Å². The fourth-order valence-electron chi connectivity index (χ4n) is 5.57. The molecule has 1 aromatic heterocycles. The number of carbonyl (C=O) groups is 3. The zero-order valence-corrected chi connectivity index (χ0v) is 26.3. The van der Waals surface area contributed by atoms with Gasteiger partial charge in [0.25, 0.3) is 11.8 Å². The molecular weight excluding hydrogens is 584 g/mol. The van der Waals surface area contributed by atoms with Crippen molar-refractivity contribution in [3.63, 3.8) is 0 Å². The van der Waals surface area contributed by atoms with Crippen LogP contribution in [0.4, 0.5) is 0 Å². The van der Waals surface area contributed by atoms with Crippen molar-refractivity contribution in [3.8, 4) is 22.8 Å². The highest BCUT2D eigenvalue weighted by atomic mass is 32.2. The zero-order valence-electron chi connectivity index (χ0n) is 25.5. The molecule has 45 heavy (non-hydrogen) atoms. The molecule has 0 saturated heterocycles. The van der Waals surface area contributed by atoms with Crippen molar-refractivity contribution in [3.05, 3.63) is 125 Å². The third-order valence-corrected chi connectivity index (χ3v) is 8.53. The van der Waals surface area contributed by atoms with Gasteiger partial charge in [0.05, 0.1) is 30.0 Å². The van der Waals surface area contributed by atoms with Gasteiger partial charge in [-0.15, -0.1) is 22.0 Å². The minimum Gasteiger partial charge on any atom is -0.494 e. The summed E-state index contributed by atoms with van der Waals surface area (Å²) in [5.41, 5.74) is 3.81. The van der Waals surface area contributed by atoms with E-state index >= 15 is 0 Å². The number of hydrogen-bond donors (Lipinski definition) is 0. The quantitative estimate of drug-likeness (QED) is 0.0930. The van der Waals surface area contributed by atoms with E-state index in [1.807, 2.05) is 73.8 Å². The van der Waals surface area contributed by atoms with Crippen molar-refractivity contribution in [2.24, 2.45) is 0 Å². The van der Waals surface area contributed by atoms with Crippen LogP contribution in [-0.2, 0) is 6.54 Å². The molecule has 5 aromatic rings. The van der Waals surface area contributed by atoms with Crippen molar-refractivity contribution >= 4 is 29.4 Å². The fourth-order valence-corrected chi connectivity index (χ4v) is 6.03. The van der Waals surface area contributed by atoms with Crippen molar-refractivity contribution < 1.29 is 19.1 Å². The maximum atomic E-state index is 14.4. The highest BCUT2D eigenvalue weighted by Crippen LogP contribution is 2.36. The van der Waals surface area contributed by atoms with Gasteiger partial charge in [-0.25, -0.2) is 0 Å². The standard InChI is InChI=1S/C36H32N4O4S/c1-5-44-31-20-30(29(19-28(31)22(2)3)33(41)24-14-11-15-25(18-24)45-4)40-32(37-38-34(40)23-12-7-6-8-13-23)21-39-35(42)26-16-9-10-17-27(26)36(39)43/h6-20,22H,5,21H2,1-4H3. The second-order valence-corrected chi connectivity index (χ2v) is 11.8. The first kappa shape index (κ1) is 30.0. The van der Waals surface area contributed by atoms with Crippen molar-refractivity contribution in [2.75, 3.05) is 12.9 Å². The molecule has 1 aliphatic rings. The van der Waals surface area contributed by atoms with Crippen LogP contribution in [0.15, 0.2) is 95.9 Å². The van der Waals surface area contributed by atoms with E-state index in [0.29, 0.717) is 51.9 Å². The Labute approximate surface area is 266 Å². The Bertz CT molecular complexity index is 1900. The maximum Gasteiger partial charge on any atom is 0.261 e. The summed E-state index contributed by atoms with van der Waals surface area (Å²) in [6.45, 7) is 6.32. The number of ether oxygens (including phenoxy) is 1. The average Bonchev–Trinajstić information content (AvgIpc) is 3.59. The van der Waals surface area contributed by atoms with Gasteiger partial charge in [-0.1, -0.05) is 68.4 Å². The van der Waals surface area contributed by atoms with E-state index in [1.165, 1.54) is 4.90 Å². The first-order chi connectivity index (χ1) is 21.8. The van der Waals surface area contributed by atoms with Gasteiger partial charge in [0.1, 0.15) is 5.75 Å². The number of imide groups is 1. The van der Waals surface area contributed by atoms with Crippen LogP contribution in [-0.4, -0.2) is 50.1 Å². The number of amides is 2. The van der Waals surface area contributed by atoms with Crippen LogP contribution in [0.3, 0.4) is 0 Å². The van der Waals surface area contributed by atoms with Gasteiger partial charge in [-0.05, 0) is 55.0 Å². The molecule has 0 fully saturated rings. The minimum absolute atomic E-state index is 0.0667. The number of rotatable bonds is 10. The summed E-state index contributed by atoms with van der Waals surface area (Å²) in [5.74, 6) is 0.519. The number of benzene rings is 4. The van der Waals surface area contributed by atoms with Gasteiger partial charge in [-0.2, -0.15) is 0 Å². The molecule has 0 spiro atoms. The number of ketones is 1. The van der Waals surface area contributed by atoms with E-state index in [2.05, 4.69) is 24.0 Å². The van der Waals surface area contributed by atoms with Crippen LogP contribution in [0.5, 0.6) is 5.75 Å². The van der Waals surface area contributed by atoms with Crippen LogP contribution in [0, 0.1) is 0 Å². The molecule has 0 bridgehead atoms. The molecular formula is C36H32N4O4S. The van der Waals surface area contributed by atoms with Gasteiger partial charge in [0.2, 0.25) is 0 Å². The molecule has 2 heterocycles. The zero-order chi connectivity index (χ0) is 31.7. The van der Waals surface area contributed by atoms with Crippen molar-refractivity contribution in [1.29, 1.82) is 0 Å². The Morgan fingerprint density at radius 1 is 0.867 bits per heavy atom. The summed E-state index contributed by atoms with van der Waals surface area (Å²) < 4.78 is 7.90. The maximum absolute atomic E-state index is 14.4. The molecule has 0 radical (unpaired) electrons. The van der Waals surface area contributed by atoms with E-state index in [-0.39, 0.29) is 18.2 Å². The predicted molar refractivity (Wildman–Crippen MR) is 174 cm³/mol. The van der Waals surface area contributed by atoms with E-state index in [4.69, 9.17) is 4.74 Å². The molecule has 6 rings (SSSR count). The number of aromatic nitrogens is 3. The van der Waals surface area contributed by atoms with E-state index in [1.54, 1.807) is 46.7 Å². The lowest BCUT2D eigenvalue weighted by molar-refractivity contribution is 0.0637. The third-order valence-electron chi connectivity index (χ3n) is 7.81. The number of fused-ring (bicyclic) bond motifs is 1. The second-order valence-electron chi connectivity index (χ2n) is 10.9. The number of hydrogen-bond acceptors (Lipinski definition) is 7. The van der Waals surface area contributed by atoms with Crippen LogP contribution < -0.4 is 4.74 Å². The van der Waals surface area contributed by atoms with Gasteiger partial charge in [0.15, 0.2) is 17.4 Å². The Hall–Kier alpha value is -5.02. The molecule has 0 saturated carbocycles. The lowest BCUT2D eigenvalue weighted by Gasteiger charge is -2.21. The summed E-state index contributed by atoms with van der Waals surface area (Å²) >= 11 is 1.56. The van der Waals surface area contributed by atoms with E-state index in [0.717, 1.165) is 16.0 Å². The highest BCUT2D eigenvalue weighted by molar-refractivity contribution is 7.98. The predicted octanol–water partition coefficient (Wildman–Crippen LogP) is 7.21. The molecule has 8 nitrogen and oxygen atoms in total. The molecule has 0 aliphatic carbocycles. The fraction of sp³-hybridized carbons (Fsp3) is 0.194. The molecule has 226 valence electrons. The van der Waals surface area contributed by atoms with E-state index in [9.17, 15) is 14.4 Å². The lowest BCUT2D eigenvalue weighted by atomic mass is 9.93. The van der Waals surface area contributed by atoms with Gasteiger partial charge in [-0.3, -0.25) is 23.9 Å². The molecule has 2 amide bonds. The minimum atomic E-state index is -0.401. The summed E-state index contributed by atoms with van der Waals surface area (Å²) in [6.07, 6.45) is 1.97. The first-order valence-electron chi connectivity index (χ1n) is 14.8. The largest absolute Gasteiger partial charge is 0.494 e.